The Labute approximate surface area is 126 Å². The number of nitrogens with two attached hydrogens (primary N) is 1. The smallest absolute Gasteiger partial charge is 0.103 e. The third-order valence-corrected chi connectivity index (χ3v) is 3.13. The van der Waals surface area contributed by atoms with E-state index in [1.807, 2.05) is 25.1 Å². The first-order chi connectivity index (χ1) is 9.65. The maximum atomic E-state index is 5.60. The molecule has 1 rings (SSSR count). The van der Waals surface area contributed by atoms with Crippen LogP contribution in [0.5, 0.6) is 0 Å². The first kappa shape index (κ1) is 17.0. The summed E-state index contributed by atoms with van der Waals surface area (Å²) in [6.45, 7) is 5.23. The summed E-state index contributed by atoms with van der Waals surface area (Å²) in [6.07, 6.45) is 0.913. The van der Waals surface area contributed by atoms with E-state index >= 15 is 0 Å². The van der Waals surface area contributed by atoms with Gasteiger partial charge in [0.15, 0.2) is 0 Å². The molecular formula is C15H23NO3S. The van der Waals surface area contributed by atoms with E-state index in [0.29, 0.717) is 31.4 Å². The maximum absolute atomic E-state index is 5.60. The van der Waals surface area contributed by atoms with Gasteiger partial charge in [-0.25, -0.2) is 0 Å². The normalized spacial score (nSPS) is 10.7. The molecule has 0 heterocycles. The highest BCUT2D eigenvalue weighted by atomic mass is 32.1. The van der Waals surface area contributed by atoms with E-state index in [9.17, 15) is 0 Å². The summed E-state index contributed by atoms with van der Waals surface area (Å²) in [7, 11) is 1.69. The number of hydrogen-bond acceptors (Lipinski definition) is 4. The highest BCUT2D eigenvalue weighted by Crippen LogP contribution is 2.12. The van der Waals surface area contributed by atoms with Crippen molar-refractivity contribution in [2.75, 3.05) is 33.5 Å². The molecule has 0 unspecified atom stereocenters. The summed E-state index contributed by atoms with van der Waals surface area (Å²) in [5.41, 5.74) is 8.77. The zero-order chi connectivity index (χ0) is 14.8. The van der Waals surface area contributed by atoms with Crippen LogP contribution in [0.3, 0.4) is 0 Å². The standard InChI is InChI=1S/C15H23NO3S/c1-12-10-13(15(16)20)4-5-14(12)11-19-9-8-18-7-3-6-17-2/h4-5,10H,3,6-9,11H2,1-2H3,(H2,16,20). The van der Waals surface area contributed by atoms with E-state index in [1.165, 1.54) is 0 Å². The summed E-state index contributed by atoms with van der Waals surface area (Å²) in [5.74, 6) is 0. The fraction of sp³-hybridized carbons (Fsp3) is 0.533. The molecule has 0 radical (unpaired) electrons. The van der Waals surface area contributed by atoms with E-state index < -0.39 is 0 Å². The Hall–Kier alpha value is -1.01. The number of rotatable bonds is 10. The Bertz CT molecular complexity index is 424. The SMILES string of the molecule is COCCCOCCOCc1ccc(C(N)=S)cc1C. The monoisotopic (exact) mass is 297 g/mol. The average Bonchev–Trinajstić information content (AvgIpc) is 2.43. The zero-order valence-electron chi connectivity index (χ0n) is 12.2. The van der Waals surface area contributed by atoms with Crippen LogP contribution < -0.4 is 5.73 Å². The van der Waals surface area contributed by atoms with Crippen molar-refractivity contribution < 1.29 is 14.2 Å². The molecule has 4 nitrogen and oxygen atoms in total. The number of thiocarbonyl (C=S) groups is 1. The number of methoxy groups -OCH3 is 1. The van der Waals surface area contributed by atoms with Gasteiger partial charge in [-0.3, -0.25) is 0 Å². The van der Waals surface area contributed by atoms with E-state index in [0.717, 1.165) is 29.7 Å². The second kappa shape index (κ2) is 9.83. The molecule has 0 saturated carbocycles. The van der Waals surface area contributed by atoms with Gasteiger partial charge in [-0.1, -0.05) is 24.4 Å². The minimum Gasteiger partial charge on any atom is -0.389 e. The molecule has 0 aliphatic carbocycles. The molecule has 0 aliphatic heterocycles. The zero-order valence-corrected chi connectivity index (χ0v) is 13.0. The maximum Gasteiger partial charge on any atom is 0.103 e. The predicted molar refractivity (Wildman–Crippen MR) is 84.0 cm³/mol. The van der Waals surface area contributed by atoms with Crippen LogP contribution in [0.1, 0.15) is 23.1 Å². The summed E-state index contributed by atoms with van der Waals surface area (Å²) in [5, 5.41) is 0. The first-order valence-corrected chi connectivity index (χ1v) is 7.09. The lowest BCUT2D eigenvalue weighted by atomic mass is 10.1. The topological polar surface area (TPSA) is 53.7 Å². The van der Waals surface area contributed by atoms with Gasteiger partial charge in [-0.15, -0.1) is 0 Å². The number of ether oxygens (including phenoxy) is 3. The summed E-state index contributed by atoms with van der Waals surface area (Å²) >= 11 is 4.95. The van der Waals surface area contributed by atoms with Gasteiger partial charge in [-0.05, 0) is 30.5 Å². The van der Waals surface area contributed by atoms with Crippen LogP contribution in [0.2, 0.25) is 0 Å². The Morgan fingerprint density at radius 3 is 2.55 bits per heavy atom. The van der Waals surface area contributed by atoms with Crippen molar-refractivity contribution in [1.82, 2.24) is 0 Å². The molecule has 0 amide bonds. The molecule has 0 fully saturated rings. The molecule has 0 saturated heterocycles. The highest BCUT2D eigenvalue weighted by molar-refractivity contribution is 7.80. The molecule has 20 heavy (non-hydrogen) atoms. The second-order valence-corrected chi connectivity index (χ2v) is 4.96. The number of hydrogen-bond donors (Lipinski definition) is 1. The van der Waals surface area contributed by atoms with Crippen LogP contribution >= 0.6 is 12.2 Å². The van der Waals surface area contributed by atoms with Gasteiger partial charge in [0.1, 0.15) is 4.99 Å². The van der Waals surface area contributed by atoms with Gasteiger partial charge in [0.25, 0.3) is 0 Å². The Morgan fingerprint density at radius 1 is 1.15 bits per heavy atom. The molecule has 0 bridgehead atoms. The summed E-state index contributed by atoms with van der Waals surface area (Å²) in [6, 6.07) is 5.92. The highest BCUT2D eigenvalue weighted by Gasteiger charge is 2.02. The first-order valence-electron chi connectivity index (χ1n) is 6.69. The van der Waals surface area contributed by atoms with Crippen molar-refractivity contribution in [2.45, 2.75) is 20.0 Å². The van der Waals surface area contributed by atoms with Crippen molar-refractivity contribution in [3.05, 3.63) is 34.9 Å². The van der Waals surface area contributed by atoms with Gasteiger partial charge >= 0.3 is 0 Å². The van der Waals surface area contributed by atoms with Crippen molar-refractivity contribution >= 4 is 17.2 Å². The Morgan fingerprint density at radius 2 is 1.90 bits per heavy atom. The fourth-order valence-corrected chi connectivity index (χ4v) is 1.85. The quantitative estimate of drug-likeness (QED) is 0.530. The van der Waals surface area contributed by atoms with Crippen molar-refractivity contribution in [2.24, 2.45) is 5.73 Å². The van der Waals surface area contributed by atoms with Gasteiger partial charge in [-0.2, -0.15) is 0 Å². The molecule has 1 aromatic rings. The molecule has 0 aliphatic rings. The van der Waals surface area contributed by atoms with Crippen LogP contribution in [0.4, 0.5) is 0 Å². The van der Waals surface area contributed by atoms with E-state index in [2.05, 4.69) is 0 Å². The lowest BCUT2D eigenvalue weighted by Crippen LogP contribution is -2.10. The minimum absolute atomic E-state index is 0.421. The molecular weight excluding hydrogens is 274 g/mol. The molecule has 1 aromatic carbocycles. The van der Waals surface area contributed by atoms with E-state index in [-0.39, 0.29) is 0 Å². The van der Waals surface area contributed by atoms with Crippen molar-refractivity contribution in [1.29, 1.82) is 0 Å². The fourth-order valence-electron chi connectivity index (χ4n) is 1.72. The van der Waals surface area contributed by atoms with Crippen LogP contribution in [-0.2, 0) is 20.8 Å². The lowest BCUT2D eigenvalue weighted by molar-refractivity contribution is 0.0335. The molecule has 0 aromatic heterocycles. The van der Waals surface area contributed by atoms with Gasteiger partial charge in [0.2, 0.25) is 0 Å². The Balaban J connectivity index is 2.20. The Kier molecular flexibility index (Phi) is 8.37. The summed E-state index contributed by atoms with van der Waals surface area (Å²) < 4.78 is 15.9. The van der Waals surface area contributed by atoms with E-state index in [1.54, 1.807) is 7.11 Å². The molecule has 112 valence electrons. The van der Waals surface area contributed by atoms with Crippen molar-refractivity contribution in [3.63, 3.8) is 0 Å². The second-order valence-electron chi connectivity index (χ2n) is 4.52. The molecule has 5 heteroatoms. The average molecular weight is 297 g/mol. The van der Waals surface area contributed by atoms with Crippen LogP contribution in [-0.4, -0.2) is 38.5 Å². The molecule has 2 N–H and O–H groups in total. The van der Waals surface area contributed by atoms with Crippen LogP contribution in [0, 0.1) is 6.92 Å². The lowest BCUT2D eigenvalue weighted by Gasteiger charge is -2.09. The largest absolute Gasteiger partial charge is 0.389 e. The third kappa shape index (κ3) is 6.43. The van der Waals surface area contributed by atoms with Crippen molar-refractivity contribution in [3.8, 4) is 0 Å². The van der Waals surface area contributed by atoms with Crippen LogP contribution in [0.15, 0.2) is 18.2 Å². The number of aryl methyl sites for hydroxylation is 1. The predicted octanol–water partition coefficient (Wildman–Crippen LogP) is 2.20. The van der Waals surface area contributed by atoms with Gasteiger partial charge < -0.3 is 19.9 Å². The third-order valence-electron chi connectivity index (χ3n) is 2.89. The summed E-state index contributed by atoms with van der Waals surface area (Å²) in [4.78, 5) is 0.421. The minimum atomic E-state index is 0.421. The van der Waals surface area contributed by atoms with Gasteiger partial charge in [0, 0.05) is 25.9 Å². The number of benzene rings is 1. The van der Waals surface area contributed by atoms with Crippen LogP contribution in [0.25, 0.3) is 0 Å². The van der Waals surface area contributed by atoms with Gasteiger partial charge in [0.05, 0.1) is 19.8 Å². The molecule has 0 spiro atoms. The van der Waals surface area contributed by atoms with E-state index in [4.69, 9.17) is 32.2 Å². The molecule has 0 atom stereocenters.